The Kier molecular flexibility index (Phi) is 5.66. The molecule has 0 aliphatic heterocycles. The molecule has 3 aromatic rings. The number of hydrogen-bond donors (Lipinski definition) is 1. The minimum atomic E-state index is -0.0501. The Bertz CT molecular complexity index is 891. The van der Waals surface area contributed by atoms with Gasteiger partial charge in [-0.2, -0.15) is 0 Å². The Morgan fingerprint density at radius 3 is 2.80 bits per heavy atom. The second kappa shape index (κ2) is 7.76. The average Bonchev–Trinajstić information content (AvgIpc) is 3.18. The number of carbonyl (C=O) groups excluding carboxylic acids is 1. The number of nitrogens with one attached hydrogen (secondary N) is 1. The van der Waals surface area contributed by atoms with Crippen LogP contribution in [0.5, 0.6) is 0 Å². The van der Waals surface area contributed by atoms with E-state index in [4.69, 9.17) is 16.0 Å². The second-order valence-electron chi connectivity index (χ2n) is 6.00. The third-order valence-corrected chi connectivity index (χ3v) is 6.33. The Balaban J connectivity index is 1.68. The fourth-order valence-corrected chi connectivity index (χ4v) is 4.11. The first-order valence-electron chi connectivity index (χ1n) is 7.88. The molecule has 1 N–H and O–H groups in total. The molecule has 0 saturated heterocycles. The van der Waals surface area contributed by atoms with Gasteiger partial charge in [0.05, 0.1) is 10.8 Å². The van der Waals surface area contributed by atoms with E-state index in [2.05, 4.69) is 29.4 Å². The van der Waals surface area contributed by atoms with Gasteiger partial charge >= 0.3 is 0 Å². The maximum atomic E-state index is 11.9. The minimum absolute atomic E-state index is 0.0501. The SMILES string of the molecule is CC(C)[C@H](C)NC(=O)CSc1nnc(-c2sc3ccccc3c2Cl)o1. The summed E-state index contributed by atoms with van der Waals surface area (Å²) in [4.78, 5) is 12.7. The molecule has 0 bridgehead atoms. The Hall–Kier alpha value is -1.57. The number of rotatable bonds is 6. The zero-order chi connectivity index (χ0) is 18.0. The summed E-state index contributed by atoms with van der Waals surface area (Å²) in [5, 5.41) is 13.0. The first-order chi connectivity index (χ1) is 12.0. The van der Waals surface area contributed by atoms with Crippen molar-refractivity contribution in [1.29, 1.82) is 0 Å². The van der Waals surface area contributed by atoms with Crippen LogP contribution in [0.4, 0.5) is 0 Å². The van der Waals surface area contributed by atoms with Gasteiger partial charge in [-0.3, -0.25) is 4.79 Å². The van der Waals surface area contributed by atoms with Crippen LogP contribution in [0.1, 0.15) is 20.8 Å². The number of amides is 1. The van der Waals surface area contributed by atoms with Gasteiger partial charge < -0.3 is 9.73 Å². The quantitative estimate of drug-likeness (QED) is 0.604. The molecule has 0 spiro atoms. The van der Waals surface area contributed by atoms with E-state index in [0.717, 1.165) is 15.0 Å². The maximum Gasteiger partial charge on any atom is 0.277 e. The lowest BCUT2D eigenvalue weighted by molar-refractivity contribution is -0.119. The molecule has 1 atom stereocenters. The number of hydrogen-bond acceptors (Lipinski definition) is 6. The molecule has 0 unspecified atom stereocenters. The zero-order valence-corrected chi connectivity index (χ0v) is 16.5. The van der Waals surface area contributed by atoms with Crippen LogP contribution < -0.4 is 5.32 Å². The maximum absolute atomic E-state index is 11.9. The average molecular weight is 396 g/mol. The summed E-state index contributed by atoms with van der Waals surface area (Å²) >= 11 is 9.16. The van der Waals surface area contributed by atoms with Crippen LogP contribution in [0.15, 0.2) is 33.9 Å². The van der Waals surface area contributed by atoms with E-state index < -0.39 is 0 Å². The van der Waals surface area contributed by atoms with Crippen molar-refractivity contribution in [1.82, 2.24) is 15.5 Å². The van der Waals surface area contributed by atoms with E-state index >= 15 is 0 Å². The monoisotopic (exact) mass is 395 g/mol. The Labute approximate surface area is 159 Å². The Morgan fingerprint density at radius 1 is 1.32 bits per heavy atom. The van der Waals surface area contributed by atoms with Crippen molar-refractivity contribution in [3.05, 3.63) is 29.3 Å². The molecule has 3 rings (SSSR count). The molecule has 132 valence electrons. The number of nitrogens with zero attached hydrogens (tertiary/aromatic N) is 2. The highest BCUT2D eigenvalue weighted by Gasteiger charge is 2.18. The van der Waals surface area contributed by atoms with Gasteiger partial charge in [0.2, 0.25) is 5.91 Å². The Morgan fingerprint density at radius 2 is 2.08 bits per heavy atom. The molecule has 0 saturated carbocycles. The van der Waals surface area contributed by atoms with Gasteiger partial charge in [0.1, 0.15) is 4.88 Å². The minimum Gasteiger partial charge on any atom is -0.410 e. The van der Waals surface area contributed by atoms with Crippen molar-refractivity contribution in [3.8, 4) is 10.8 Å². The number of benzene rings is 1. The summed E-state index contributed by atoms with van der Waals surface area (Å²) in [6.07, 6.45) is 0. The lowest BCUT2D eigenvalue weighted by Gasteiger charge is -2.16. The van der Waals surface area contributed by atoms with Crippen LogP contribution in [0.2, 0.25) is 5.02 Å². The molecule has 0 fully saturated rings. The summed E-state index contributed by atoms with van der Waals surface area (Å²) in [7, 11) is 0. The molecule has 2 heterocycles. The summed E-state index contributed by atoms with van der Waals surface area (Å²) < 4.78 is 6.74. The molecule has 0 aliphatic carbocycles. The van der Waals surface area contributed by atoms with Gasteiger partial charge in [-0.25, -0.2) is 0 Å². The predicted molar refractivity (Wildman–Crippen MR) is 103 cm³/mol. The van der Waals surface area contributed by atoms with E-state index in [-0.39, 0.29) is 17.7 Å². The third-order valence-electron chi connectivity index (χ3n) is 3.85. The van der Waals surface area contributed by atoms with Crippen LogP contribution in [0.3, 0.4) is 0 Å². The summed E-state index contributed by atoms with van der Waals surface area (Å²) in [6, 6.07) is 8.00. The summed E-state index contributed by atoms with van der Waals surface area (Å²) in [5.41, 5.74) is 0. The smallest absolute Gasteiger partial charge is 0.277 e. The molecule has 2 aromatic heterocycles. The highest BCUT2D eigenvalue weighted by molar-refractivity contribution is 7.99. The van der Waals surface area contributed by atoms with Crippen molar-refractivity contribution >= 4 is 50.7 Å². The van der Waals surface area contributed by atoms with E-state index in [1.165, 1.54) is 23.1 Å². The van der Waals surface area contributed by atoms with Gasteiger partial charge in [-0.15, -0.1) is 21.5 Å². The largest absolute Gasteiger partial charge is 0.410 e. The number of halogens is 1. The lowest BCUT2D eigenvalue weighted by atomic mass is 10.1. The van der Waals surface area contributed by atoms with Crippen LogP contribution in [0, 0.1) is 5.92 Å². The van der Waals surface area contributed by atoms with Crippen molar-refractivity contribution in [3.63, 3.8) is 0 Å². The fourth-order valence-electron chi connectivity index (χ4n) is 2.10. The van der Waals surface area contributed by atoms with Crippen LogP contribution in [0.25, 0.3) is 20.9 Å². The third kappa shape index (κ3) is 4.16. The molecule has 5 nitrogen and oxygen atoms in total. The molecule has 0 aliphatic rings. The van der Waals surface area contributed by atoms with Gasteiger partial charge in [0, 0.05) is 16.1 Å². The summed E-state index contributed by atoms with van der Waals surface area (Å²) in [5.74, 6) is 0.952. The van der Waals surface area contributed by atoms with Crippen molar-refractivity contribution in [2.24, 2.45) is 5.92 Å². The topological polar surface area (TPSA) is 68.0 Å². The standard InChI is InChI=1S/C17H18ClN3O2S2/c1-9(2)10(3)19-13(22)8-24-17-21-20-16(23-17)15-14(18)11-6-4-5-7-12(11)25-15/h4-7,9-10H,8H2,1-3H3,(H,19,22)/t10-/m0/s1. The van der Waals surface area contributed by atoms with E-state index in [9.17, 15) is 4.79 Å². The molecule has 1 aromatic carbocycles. The van der Waals surface area contributed by atoms with Crippen molar-refractivity contribution in [2.45, 2.75) is 32.0 Å². The second-order valence-corrected chi connectivity index (χ2v) is 8.36. The molecular weight excluding hydrogens is 378 g/mol. The van der Waals surface area contributed by atoms with E-state index in [1.807, 2.05) is 31.2 Å². The lowest BCUT2D eigenvalue weighted by Crippen LogP contribution is -2.37. The van der Waals surface area contributed by atoms with Crippen LogP contribution in [-0.2, 0) is 4.79 Å². The molecule has 0 radical (unpaired) electrons. The first kappa shape index (κ1) is 18.2. The normalized spacial score (nSPS) is 12.7. The van der Waals surface area contributed by atoms with Crippen LogP contribution in [-0.4, -0.2) is 27.9 Å². The number of carbonyl (C=O) groups is 1. The number of aromatic nitrogens is 2. The zero-order valence-electron chi connectivity index (χ0n) is 14.1. The van der Waals surface area contributed by atoms with Crippen molar-refractivity contribution in [2.75, 3.05) is 5.75 Å². The van der Waals surface area contributed by atoms with E-state index in [1.54, 1.807) is 0 Å². The predicted octanol–water partition coefficient (Wildman–Crippen LogP) is 4.86. The fraction of sp³-hybridized carbons (Fsp3) is 0.353. The first-order valence-corrected chi connectivity index (χ1v) is 10.1. The molecule has 1 amide bonds. The van der Waals surface area contributed by atoms with E-state index in [0.29, 0.717) is 22.1 Å². The molecular formula is C17H18ClN3O2S2. The number of thioether (sulfide) groups is 1. The number of thiophene rings is 1. The van der Waals surface area contributed by atoms with Crippen molar-refractivity contribution < 1.29 is 9.21 Å². The summed E-state index contributed by atoms with van der Waals surface area (Å²) in [6.45, 7) is 6.12. The highest BCUT2D eigenvalue weighted by Crippen LogP contribution is 2.41. The van der Waals surface area contributed by atoms with Gasteiger partial charge in [-0.1, -0.05) is 55.4 Å². The number of fused-ring (bicyclic) bond motifs is 1. The van der Waals surface area contributed by atoms with Gasteiger partial charge in [0.15, 0.2) is 0 Å². The van der Waals surface area contributed by atoms with Gasteiger partial charge in [-0.05, 0) is 18.9 Å². The molecule has 25 heavy (non-hydrogen) atoms. The molecule has 8 heteroatoms. The highest BCUT2D eigenvalue weighted by atomic mass is 35.5. The van der Waals surface area contributed by atoms with Crippen LogP contribution >= 0.6 is 34.7 Å². The van der Waals surface area contributed by atoms with Gasteiger partial charge in [0.25, 0.3) is 11.1 Å².